The fourth-order valence-electron chi connectivity index (χ4n) is 6.72. The van der Waals surface area contributed by atoms with Gasteiger partial charge in [0.15, 0.2) is 0 Å². The van der Waals surface area contributed by atoms with Crippen LogP contribution in [0, 0.1) is 47.8 Å². The molecular weight excluding hydrogens is 368 g/mol. The zero-order valence-corrected chi connectivity index (χ0v) is 20.2. The Morgan fingerprint density at radius 2 is 1.87 bits per heavy atom. The van der Waals surface area contributed by atoms with Gasteiger partial charge in [-0.25, -0.2) is 0 Å². The normalized spacial score (nSPS) is 31.0. The Labute approximate surface area is 184 Å². The van der Waals surface area contributed by atoms with Crippen molar-refractivity contribution in [1.82, 2.24) is 0 Å². The van der Waals surface area contributed by atoms with E-state index >= 15 is 0 Å². The van der Waals surface area contributed by atoms with Gasteiger partial charge < -0.3 is 5.11 Å². The molecule has 3 rings (SSSR count). The van der Waals surface area contributed by atoms with E-state index in [9.17, 15) is 9.90 Å². The summed E-state index contributed by atoms with van der Waals surface area (Å²) in [7, 11) is 0. The molecule has 0 radical (unpaired) electrons. The van der Waals surface area contributed by atoms with E-state index in [2.05, 4.69) is 41.5 Å². The number of phenolic OH excluding ortho intramolecular Hbond substituents is 1. The molecule has 0 heterocycles. The molecule has 2 saturated carbocycles. The van der Waals surface area contributed by atoms with Crippen molar-refractivity contribution in [2.75, 3.05) is 0 Å². The monoisotopic (exact) mass is 412 g/mol. The summed E-state index contributed by atoms with van der Waals surface area (Å²) in [4.78, 5) is 13.0. The van der Waals surface area contributed by atoms with Gasteiger partial charge in [0, 0.05) is 12.3 Å². The van der Waals surface area contributed by atoms with Crippen molar-refractivity contribution in [2.24, 2.45) is 40.9 Å². The third-order valence-electron chi connectivity index (χ3n) is 9.25. The summed E-state index contributed by atoms with van der Waals surface area (Å²) < 4.78 is 0. The van der Waals surface area contributed by atoms with E-state index in [1.165, 1.54) is 36.8 Å². The van der Waals surface area contributed by atoms with Crippen LogP contribution in [0.1, 0.15) is 90.7 Å². The fourth-order valence-corrected chi connectivity index (χ4v) is 6.72. The topological polar surface area (TPSA) is 37.3 Å². The van der Waals surface area contributed by atoms with Crippen LogP contribution in [0.2, 0.25) is 0 Å². The summed E-state index contributed by atoms with van der Waals surface area (Å²) in [5.41, 5.74) is 2.74. The van der Waals surface area contributed by atoms with Crippen molar-refractivity contribution in [3.63, 3.8) is 0 Å². The van der Waals surface area contributed by atoms with Crippen molar-refractivity contribution >= 4 is 5.78 Å². The highest BCUT2D eigenvalue weighted by Crippen LogP contribution is 2.60. The van der Waals surface area contributed by atoms with Crippen LogP contribution in [0.4, 0.5) is 0 Å². The average molecular weight is 413 g/mol. The fraction of sp³-hybridized carbons (Fsp3) is 0.750. The Bertz CT molecular complexity index is 736. The van der Waals surface area contributed by atoms with Crippen LogP contribution in [0.25, 0.3) is 0 Å². The number of aryl methyl sites for hydroxylation is 2. The van der Waals surface area contributed by atoms with Crippen molar-refractivity contribution in [3.8, 4) is 5.75 Å². The van der Waals surface area contributed by atoms with Gasteiger partial charge >= 0.3 is 0 Å². The van der Waals surface area contributed by atoms with Crippen LogP contribution in [-0.4, -0.2) is 10.9 Å². The number of hydrogen-bond donors (Lipinski definition) is 1. The molecule has 0 spiro atoms. The summed E-state index contributed by atoms with van der Waals surface area (Å²) in [6.07, 6.45) is 8.87. The number of Topliss-reactive ketones (excluding diaryl/α,β-unsaturated/α-hetero) is 1. The highest BCUT2D eigenvalue weighted by molar-refractivity contribution is 5.82. The lowest BCUT2D eigenvalue weighted by molar-refractivity contribution is -0.132. The smallest absolute Gasteiger partial charge is 0.136 e. The van der Waals surface area contributed by atoms with Gasteiger partial charge in [-0.15, -0.1) is 0 Å². The molecule has 6 unspecified atom stereocenters. The molecule has 30 heavy (non-hydrogen) atoms. The molecule has 1 N–H and O–H groups in total. The number of ketones is 1. The Balaban J connectivity index is 1.68. The van der Waals surface area contributed by atoms with Crippen molar-refractivity contribution < 1.29 is 9.90 Å². The largest absolute Gasteiger partial charge is 0.508 e. The number of fused-ring (bicyclic) bond motifs is 1. The van der Waals surface area contributed by atoms with Gasteiger partial charge in [-0.1, -0.05) is 53.5 Å². The number of phenols is 1. The molecule has 2 aliphatic carbocycles. The van der Waals surface area contributed by atoms with Crippen LogP contribution < -0.4 is 0 Å². The van der Waals surface area contributed by atoms with Gasteiger partial charge in [0.1, 0.15) is 11.5 Å². The Morgan fingerprint density at radius 3 is 2.57 bits per heavy atom. The molecule has 0 amide bonds. The first-order chi connectivity index (χ1) is 14.1. The first-order valence-corrected chi connectivity index (χ1v) is 12.4. The minimum atomic E-state index is 0.206. The molecular formula is C28H44O2. The lowest BCUT2D eigenvalue weighted by Crippen LogP contribution is -2.43. The third-order valence-corrected chi connectivity index (χ3v) is 9.25. The number of carbonyl (C=O) groups excluding carboxylic acids is 1. The van der Waals surface area contributed by atoms with E-state index in [4.69, 9.17) is 0 Å². The lowest BCUT2D eigenvalue weighted by atomic mass is 9.58. The van der Waals surface area contributed by atoms with E-state index in [0.717, 1.165) is 49.4 Å². The summed E-state index contributed by atoms with van der Waals surface area (Å²) in [6.45, 7) is 14.2. The van der Waals surface area contributed by atoms with Crippen LogP contribution in [0.3, 0.4) is 0 Å². The quantitative estimate of drug-likeness (QED) is 0.484. The maximum atomic E-state index is 13.0. The summed E-state index contributed by atoms with van der Waals surface area (Å²) in [5, 5.41) is 9.87. The highest BCUT2D eigenvalue weighted by atomic mass is 16.3. The van der Waals surface area contributed by atoms with E-state index in [1.807, 2.05) is 12.1 Å². The van der Waals surface area contributed by atoms with Gasteiger partial charge in [0.2, 0.25) is 0 Å². The lowest BCUT2D eigenvalue weighted by Gasteiger charge is -2.46. The van der Waals surface area contributed by atoms with Crippen LogP contribution >= 0.6 is 0 Å². The molecule has 6 atom stereocenters. The molecule has 2 aliphatic rings. The zero-order chi connectivity index (χ0) is 22.1. The van der Waals surface area contributed by atoms with Gasteiger partial charge in [0.05, 0.1) is 0 Å². The van der Waals surface area contributed by atoms with Gasteiger partial charge in [-0.3, -0.25) is 4.79 Å². The third kappa shape index (κ3) is 4.78. The molecule has 1 aromatic rings. The molecule has 0 aliphatic heterocycles. The number of rotatable bonds is 8. The maximum Gasteiger partial charge on any atom is 0.136 e. The van der Waals surface area contributed by atoms with E-state index in [1.54, 1.807) is 6.07 Å². The number of aromatic hydroxyl groups is 1. The SMILES string of the molecule is Cc1ccc(O)cc1CCC1C(=O)CCC2(C)C(C(C)CCC(C)C(C)C)CCC12. The molecule has 0 bridgehead atoms. The second-order valence-corrected chi connectivity index (χ2v) is 11.3. The summed E-state index contributed by atoms with van der Waals surface area (Å²) in [6, 6.07) is 5.63. The Hall–Kier alpha value is -1.31. The van der Waals surface area contributed by atoms with Gasteiger partial charge in [-0.2, -0.15) is 0 Å². The maximum absolute atomic E-state index is 13.0. The standard InChI is InChI=1S/C28H44O2/c1-18(2)19(3)7-8-21(5)25-13-14-26-24(27(30)15-16-28(25,26)6)12-10-22-17-23(29)11-9-20(22)4/h9,11,17-19,21,24-26,29H,7-8,10,12-16H2,1-6H3. The molecule has 0 saturated heterocycles. The van der Waals surface area contributed by atoms with Crippen LogP contribution in [0.5, 0.6) is 5.75 Å². The molecule has 2 heteroatoms. The van der Waals surface area contributed by atoms with Crippen molar-refractivity contribution in [1.29, 1.82) is 0 Å². The first kappa shape index (κ1) is 23.4. The second-order valence-electron chi connectivity index (χ2n) is 11.3. The molecule has 2 fully saturated rings. The van der Waals surface area contributed by atoms with Gasteiger partial charge in [0.25, 0.3) is 0 Å². The Kier molecular flexibility index (Phi) is 7.36. The first-order valence-electron chi connectivity index (χ1n) is 12.4. The predicted molar refractivity (Wildman–Crippen MR) is 126 cm³/mol. The number of carbonyl (C=O) groups is 1. The van der Waals surface area contributed by atoms with Crippen LogP contribution in [0.15, 0.2) is 18.2 Å². The molecule has 0 aromatic heterocycles. The predicted octanol–water partition coefficient (Wildman–Crippen LogP) is 7.35. The molecule has 1 aromatic carbocycles. The minimum absolute atomic E-state index is 0.206. The van der Waals surface area contributed by atoms with E-state index in [-0.39, 0.29) is 5.92 Å². The van der Waals surface area contributed by atoms with E-state index in [0.29, 0.717) is 22.9 Å². The van der Waals surface area contributed by atoms with E-state index < -0.39 is 0 Å². The molecule has 168 valence electrons. The average Bonchev–Trinajstić information content (AvgIpc) is 3.05. The van der Waals surface area contributed by atoms with Crippen molar-refractivity contribution in [3.05, 3.63) is 29.3 Å². The van der Waals surface area contributed by atoms with Crippen LogP contribution in [-0.2, 0) is 11.2 Å². The Morgan fingerprint density at radius 1 is 1.13 bits per heavy atom. The highest BCUT2D eigenvalue weighted by Gasteiger charge is 2.54. The van der Waals surface area contributed by atoms with Crippen molar-refractivity contribution in [2.45, 2.75) is 92.9 Å². The zero-order valence-electron chi connectivity index (χ0n) is 20.2. The summed E-state index contributed by atoms with van der Waals surface area (Å²) in [5.74, 6) is 4.66. The summed E-state index contributed by atoms with van der Waals surface area (Å²) >= 11 is 0. The second kappa shape index (κ2) is 9.45. The minimum Gasteiger partial charge on any atom is -0.508 e. The van der Waals surface area contributed by atoms with Gasteiger partial charge in [-0.05, 0) is 97.3 Å². The molecule has 2 nitrogen and oxygen atoms in total. The number of hydrogen-bond acceptors (Lipinski definition) is 2. The number of benzene rings is 1.